The number of carbonyl (C=O) groups excluding carboxylic acids is 2. The molecule has 0 radical (unpaired) electrons. The first-order valence-electron chi connectivity index (χ1n) is 3.44. The predicted octanol–water partition coefficient (Wildman–Crippen LogP) is 0.760. The maximum absolute atomic E-state index is 11.1. The van der Waals surface area contributed by atoms with Crippen LogP contribution in [0.15, 0.2) is 18.2 Å². The van der Waals surface area contributed by atoms with Crippen molar-refractivity contribution in [1.29, 1.82) is 0 Å². The summed E-state index contributed by atoms with van der Waals surface area (Å²) in [6.07, 6.45) is 0.344. The Kier molecular flexibility index (Phi) is 3.24. The van der Waals surface area contributed by atoms with Crippen LogP contribution in [-0.2, 0) is 4.79 Å². The fourth-order valence-corrected chi connectivity index (χ4v) is 1.16. The Morgan fingerprint density at radius 2 is 2.23 bits per heavy atom. The second-order valence-corrected chi connectivity index (χ2v) is 3.49. The molecule has 0 atom stereocenters. The van der Waals surface area contributed by atoms with E-state index in [1.807, 2.05) is 5.32 Å². The number of hydrogen-bond acceptors (Lipinski definition) is 3. The number of halogens is 1. The van der Waals surface area contributed by atoms with Crippen molar-refractivity contribution >= 4 is 40.6 Å². The number of benzene rings is 1. The van der Waals surface area contributed by atoms with E-state index in [-0.39, 0.29) is 0 Å². The molecule has 4 nitrogen and oxygen atoms in total. The van der Waals surface area contributed by atoms with Crippen LogP contribution in [0.1, 0.15) is 10.4 Å². The van der Waals surface area contributed by atoms with E-state index in [0.717, 1.165) is 3.57 Å². The van der Waals surface area contributed by atoms with E-state index in [0.29, 0.717) is 17.7 Å². The zero-order chi connectivity index (χ0) is 9.84. The molecule has 0 aliphatic heterocycles. The van der Waals surface area contributed by atoms with Gasteiger partial charge in [0.05, 0.1) is 0 Å². The molecular formula is C8H7IN2O2. The molecule has 2 amide bonds. The normalized spacial score (nSPS) is 9.31. The van der Waals surface area contributed by atoms with E-state index < -0.39 is 5.91 Å². The fraction of sp³-hybridized carbons (Fsp3) is 0. The van der Waals surface area contributed by atoms with E-state index >= 15 is 0 Å². The Balaban J connectivity index is 2.96. The molecule has 0 heterocycles. The number of nitrogen functional groups attached to an aromatic ring is 1. The highest BCUT2D eigenvalue weighted by Crippen LogP contribution is 2.15. The summed E-state index contributed by atoms with van der Waals surface area (Å²) in [4.78, 5) is 21.1. The molecule has 5 heteroatoms. The van der Waals surface area contributed by atoms with Crippen LogP contribution in [0.4, 0.5) is 5.69 Å². The van der Waals surface area contributed by atoms with Crippen molar-refractivity contribution in [2.24, 2.45) is 0 Å². The first-order valence-corrected chi connectivity index (χ1v) is 4.52. The SMILES string of the molecule is Nc1cc(C(=O)NC=O)ccc1I. The standard InChI is InChI=1S/C8H7IN2O2/c9-6-2-1-5(3-7(6)10)8(13)11-4-12/h1-4H,10H2,(H,11,12,13). The Labute approximate surface area is 88.6 Å². The van der Waals surface area contributed by atoms with Crippen molar-refractivity contribution in [3.05, 3.63) is 27.3 Å². The summed E-state index contributed by atoms with van der Waals surface area (Å²) in [7, 11) is 0. The van der Waals surface area contributed by atoms with Crippen molar-refractivity contribution in [3.63, 3.8) is 0 Å². The highest BCUT2D eigenvalue weighted by molar-refractivity contribution is 14.1. The van der Waals surface area contributed by atoms with Gasteiger partial charge in [0.25, 0.3) is 5.91 Å². The zero-order valence-electron chi connectivity index (χ0n) is 6.58. The minimum absolute atomic E-state index is 0.344. The first kappa shape index (κ1) is 9.97. The van der Waals surface area contributed by atoms with Gasteiger partial charge in [0.1, 0.15) is 0 Å². The van der Waals surface area contributed by atoms with Crippen LogP contribution in [0, 0.1) is 3.57 Å². The highest BCUT2D eigenvalue weighted by atomic mass is 127. The molecule has 1 rings (SSSR count). The van der Waals surface area contributed by atoms with Gasteiger partial charge in [-0.1, -0.05) is 0 Å². The number of imide groups is 1. The maximum atomic E-state index is 11.1. The number of nitrogens with one attached hydrogen (secondary N) is 1. The summed E-state index contributed by atoms with van der Waals surface area (Å²) in [6, 6.07) is 4.85. The lowest BCUT2D eigenvalue weighted by atomic mass is 10.2. The lowest BCUT2D eigenvalue weighted by Crippen LogP contribution is -2.21. The number of hydrogen-bond donors (Lipinski definition) is 2. The Morgan fingerprint density at radius 1 is 1.54 bits per heavy atom. The smallest absolute Gasteiger partial charge is 0.257 e. The largest absolute Gasteiger partial charge is 0.398 e. The van der Waals surface area contributed by atoms with Crippen LogP contribution < -0.4 is 11.1 Å². The highest BCUT2D eigenvalue weighted by Gasteiger charge is 2.05. The minimum Gasteiger partial charge on any atom is -0.398 e. The molecule has 0 saturated heterocycles. The van der Waals surface area contributed by atoms with Gasteiger partial charge >= 0.3 is 0 Å². The summed E-state index contributed by atoms with van der Waals surface area (Å²) in [5.74, 6) is -0.446. The van der Waals surface area contributed by atoms with Crippen LogP contribution in [0.3, 0.4) is 0 Å². The van der Waals surface area contributed by atoms with Crippen molar-refractivity contribution in [3.8, 4) is 0 Å². The maximum Gasteiger partial charge on any atom is 0.257 e. The lowest BCUT2D eigenvalue weighted by Gasteiger charge is -2.01. The molecule has 1 aromatic rings. The third-order valence-corrected chi connectivity index (χ3v) is 2.43. The van der Waals surface area contributed by atoms with Gasteiger partial charge in [0, 0.05) is 14.8 Å². The van der Waals surface area contributed by atoms with Crippen molar-refractivity contribution < 1.29 is 9.59 Å². The van der Waals surface area contributed by atoms with E-state index in [1.54, 1.807) is 12.1 Å². The van der Waals surface area contributed by atoms with Gasteiger partial charge in [0.15, 0.2) is 0 Å². The molecule has 13 heavy (non-hydrogen) atoms. The van der Waals surface area contributed by atoms with Gasteiger partial charge in [-0.25, -0.2) is 0 Å². The molecule has 0 aliphatic carbocycles. The summed E-state index contributed by atoms with van der Waals surface area (Å²) >= 11 is 2.06. The van der Waals surface area contributed by atoms with E-state index in [1.165, 1.54) is 6.07 Å². The molecule has 0 aromatic heterocycles. The summed E-state index contributed by atoms with van der Waals surface area (Å²) in [5.41, 5.74) is 6.49. The number of nitrogens with two attached hydrogens (primary N) is 1. The van der Waals surface area contributed by atoms with Gasteiger partial charge < -0.3 is 5.73 Å². The van der Waals surface area contributed by atoms with E-state index in [9.17, 15) is 9.59 Å². The van der Waals surface area contributed by atoms with Gasteiger partial charge in [0.2, 0.25) is 6.41 Å². The van der Waals surface area contributed by atoms with Crippen LogP contribution in [0.5, 0.6) is 0 Å². The second-order valence-electron chi connectivity index (χ2n) is 2.33. The molecular weight excluding hydrogens is 283 g/mol. The minimum atomic E-state index is -0.446. The Hall–Kier alpha value is -1.11. The summed E-state index contributed by atoms with van der Waals surface area (Å²) in [5, 5.41) is 2.03. The Bertz CT molecular complexity index is 352. The van der Waals surface area contributed by atoms with Gasteiger partial charge in [-0.2, -0.15) is 0 Å². The molecule has 0 saturated carbocycles. The Morgan fingerprint density at radius 3 is 2.77 bits per heavy atom. The van der Waals surface area contributed by atoms with E-state index in [4.69, 9.17) is 5.73 Å². The summed E-state index contributed by atoms with van der Waals surface area (Å²) < 4.78 is 0.875. The second kappa shape index (κ2) is 4.22. The molecule has 68 valence electrons. The average Bonchev–Trinajstić information content (AvgIpc) is 2.10. The van der Waals surface area contributed by atoms with Crippen molar-refractivity contribution in [2.75, 3.05) is 5.73 Å². The van der Waals surface area contributed by atoms with Crippen LogP contribution >= 0.6 is 22.6 Å². The number of carbonyl (C=O) groups is 2. The molecule has 0 aliphatic rings. The third kappa shape index (κ3) is 2.41. The lowest BCUT2D eigenvalue weighted by molar-refractivity contribution is -0.108. The van der Waals surface area contributed by atoms with Gasteiger partial charge in [-0.05, 0) is 40.8 Å². The summed E-state index contributed by atoms with van der Waals surface area (Å²) in [6.45, 7) is 0. The average molecular weight is 290 g/mol. The van der Waals surface area contributed by atoms with Crippen LogP contribution in [-0.4, -0.2) is 12.3 Å². The first-order chi connectivity index (χ1) is 6.15. The van der Waals surface area contributed by atoms with Crippen molar-refractivity contribution in [2.45, 2.75) is 0 Å². The number of amides is 2. The fourth-order valence-electron chi connectivity index (χ4n) is 0.822. The molecule has 0 unspecified atom stereocenters. The quantitative estimate of drug-likeness (QED) is 0.480. The number of rotatable bonds is 2. The third-order valence-electron chi connectivity index (χ3n) is 1.45. The molecule has 1 aromatic carbocycles. The van der Waals surface area contributed by atoms with Gasteiger partial charge in [-0.3, -0.25) is 14.9 Å². The van der Waals surface area contributed by atoms with Crippen molar-refractivity contribution in [1.82, 2.24) is 5.32 Å². The molecule has 0 spiro atoms. The zero-order valence-corrected chi connectivity index (χ0v) is 8.74. The number of anilines is 1. The van der Waals surface area contributed by atoms with Crippen LogP contribution in [0.25, 0.3) is 0 Å². The van der Waals surface area contributed by atoms with E-state index in [2.05, 4.69) is 22.6 Å². The molecule has 0 fully saturated rings. The van der Waals surface area contributed by atoms with Crippen LogP contribution in [0.2, 0.25) is 0 Å². The molecule has 3 N–H and O–H groups in total. The topological polar surface area (TPSA) is 72.2 Å². The predicted molar refractivity (Wildman–Crippen MR) is 57.1 cm³/mol. The molecule has 0 bridgehead atoms. The monoisotopic (exact) mass is 290 g/mol. The van der Waals surface area contributed by atoms with Gasteiger partial charge in [-0.15, -0.1) is 0 Å².